The summed E-state index contributed by atoms with van der Waals surface area (Å²) in [6.07, 6.45) is 6.89. The molecule has 15 heavy (non-hydrogen) atoms. The molecule has 2 N–H and O–H groups in total. The highest BCUT2D eigenvalue weighted by Crippen LogP contribution is 2.21. The van der Waals surface area contributed by atoms with E-state index in [0.29, 0.717) is 18.8 Å². The first kappa shape index (κ1) is 12.4. The predicted molar refractivity (Wildman–Crippen MR) is 60.2 cm³/mol. The Kier molecular flexibility index (Phi) is 5.02. The lowest BCUT2D eigenvalue weighted by molar-refractivity contribution is -0.525. The minimum Gasteiger partial charge on any atom is -0.327 e. The quantitative estimate of drug-likeness (QED) is 0.538. The topological polar surface area (TPSA) is 69.2 Å². The minimum atomic E-state index is -0.416. The average molecular weight is 214 g/mol. The first-order valence-electron chi connectivity index (χ1n) is 6.00. The molecule has 4 heteroatoms. The second kappa shape index (κ2) is 6.05. The third kappa shape index (κ3) is 4.16. The summed E-state index contributed by atoms with van der Waals surface area (Å²) in [5, 5.41) is 10.8. The molecular weight excluding hydrogens is 192 g/mol. The van der Waals surface area contributed by atoms with Gasteiger partial charge in [-0.1, -0.05) is 26.2 Å². The fraction of sp³-hybridized carbons (Fsp3) is 1.00. The van der Waals surface area contributed by atoms with Gasteiger partial charge < -0.3 is 5.73 Å². The van der Waals surface area contributed by atoms with Crippen LogP contribution in [0.3, 0.4) is 0 Å². The smallest absolute Gasteiger partial charge is 0.214 e. The summed E-state index contributed by atoms with van der Waals surface area (Å²) in [4.78, 5) is 10.7. The van der Waals surface area contributed by atoms with Crippen molar-refractivity contribution in [3.8, 4) is 0 Å². The van der Waals surface area contributed by atoms with E-state index in [1.807, 2.05) is 0 Å². The van der Waals surface area contributed by atoms with Crippen LogP contribution in [0.25, 0.3) is 0 Å². The van der Waals surface area contributed by atoms with Crippen LogP contribution in [0, 0.1) is 16.0 Å². The number of hydrogen-bond acceptors (Lipinski definition) is 3. The van der Waals surface area contributed by atoms with Gasteiger partial charge in [-0.05, 0) is 18.8 Å². The number of hydrogen-bond donors (Lipinski definition) is 1. The van der Waals surface area contributed by atoms with E-state index in [1.54, 1.807) is 0 Å². The molecule has 1 rings (SSSR count). The molecule has 0 aliphatic heterocycles. The van der Waals surface area contributed by atoms with E-state index in [2.05, 4.69) is 6.92 Å². The van der Waals surface area contributed by atoms with Crippen LogP contribution in [-0.4, -0.2) is 17.0 Å². The van der Waals surface area contributed by atoms with Crippen molar-refractivity contribution in [2.24, 2.45) is 11.7 Å². The van der Waals surface area contributed by atoms with Gasteiger partial charge in [0, 0.05) is 23.8 Å². The largest absolute Gasteiger partial charge is 0.327 e. The standard InChI is InChI=1S/C11H22N2O2/c1-9-6-4-2-3-5-7-10(13(14)15)8-11(9)12/h9-11H,2-8,12H2,1H3. The highest BCUT2D eigenvalue weighted by Gasteiger charge is 2.26. The normalized spacial score (nSPS) is 34.7. The number of nitrogens with two attached hydrogens (primary N) is 1. The molecule has 0 heterocycles. The van der Waals surface area contributed by atoms with Gasteiger partial charge in [0.25, 0.3) is 0 Å². The zero-order valence-corrected chi connectivity index (χ0v) is 9.52. The van der Waals surface area contributed by atoms with Gasteiger partial charge in [-0.25, -0.2) is 0 Å². The van der Waals surface area contributed by atoms with Gasteiger partial charge in [0.1, 0.15) is 0 Å². The van der Waals surface area contributed by atoms with Gasteiger partial charge in [-0.3, -0.25) is 10.1 Å². The van der Waals surface area contributed by atoms with E-state index in [-0.39, 0.29) is 11.0 Å². The summed E-state index contributed by atoms with van der Waals surface area (Å²) in [5.74, 6) is 0.422. The van der Waals surface area contributed by atoms with Crippen LogP contribution >= 0.6 is 0 Å². The van der Waals surface area contributed by atoms with E-state index >= 15 is 0 Å². The second-order valence-electron chi connectivity index (χ2n) is 4.81. The van der Waals surface area contributed by atoms with Crippen LogP contribution in [0.2, 0.25) is 0 Å². The fourth-order valence-corrected chi connectivity index (χ4v) is 2.27. The highest BCUT2D eigenvalue weighted by molar-refractivity contribution is 4.75. The van der Waals surface area contributed by atoms with Crippen molar-refractivity contribution in [3.63, 3.8) is 0 Å². The summed E-state index contributed by atoms with van der Waals surface area (Å²) < 4.78 is 0. The summed E-state index contributed by atoms with van der Waals surface area (Å²) in [5.41, 5.74) is 5.99. The van der Waals surface area contributed by atoms with Gasteiger partial charge in [0.15, 0.2) is 0 Å². The highest BCUT2D eigenvalue weighted by atomic mass is 16.6. The van der Waals surface area contributed by atoms with E-state index in [4.69, 9.17) is 5.73 Å². The maximum atomic E-state index is 10.8. The number of nitro groups is 1. The van der Waals surface area contributed by atoms with Crippen molar-refractivity contribution in [2.75, 3.05) is 0 Å². The van der Waals surface area contributed by atoms with Crippen LogP contribution in [0.5, 0.6) is 0 Å². The lowest BCUT2D eigenvalue weighted by Gasteiger charge is -2.22. The van der Waals surface area contributed by atoms with Gasteiger partial charge in [-0.2, -0.15) is 0 Å². The molecule has 0 spiro atoms. The van der Waals surface area contributed by atoms with E-state index in [0.717, 1.165) is 19.3 Å². The molecule has 3 atom stereocenters. The molecule has 0 aromatic carbocycles. The summed E-state index contributed by atoms with van der Waals surface area (Å²) in [7, 11) is 0. The zero-order valence-electron chi connectivity index (χ0n) is 9.52. The Morgan fingerprint density at radius 2 is 1.80 bits per heavy atom. The second-order valence-corrected chi connectivity index (χ2v) is 4.81. The van der Waals surface area contributed by atoms with E-state index in [1.165, 1.54) is 12.8 Å². The molecule has 1 saturated carbocycles. The van der Waals surface area contributed by atoms with Crippen molar-refractivity contribution in [3.05, 3.63) is 10.1 Å². The number of nitrogens with zero attached hydrogens (tertiary/aromatic N) is 1. The Balaban J connectivity index is 2.54. The van der Waals surface area contributed by atoms with Gasteiger partial charge >= 0.3 is 0 Å². The van der Waals surface area contributed by atoms with E-state index in [9.17, 15) is 10.1 Å². The van der Waals surface area contributed by atoms with Gasteiger partial charge in [0.2, 0.25) is 6.04 Å². The van der Waals surface area contributed by atoms with Crippen LogP contribution in [-0.2, 0) is 0 Å². The molecule has 1 fully saturated rings. The third-order valence-electron chi connectivity index (χ3n) is 3.52. The zero-order chi connectivity index (χ0) is 11.3. The molecule has 3 unspecified atom stereocenters. The van der Waals surface area contributed by atoms with Crippen LogP contribution in [0.15, 0.2) is 0 Å². The van der Waals surface area contributed by atoms with Crippen LogP contribution in [0.1, 0.15) is 51.9 Å². The first-order chi connectivity index (χ1) is 7.11. The molecule has 1 aliphatic carbocycles. The van der Waals surface area contributed by atoms with Gasteiger partial charge in [-0.15, -0.1) is 0 Å². The Labute approximate surface area is 91.4 Å². The minimum absolute atomic E-state index is 0.00139. The van der Waals surface area contributed by atoms with E-state index < -0.39 is 6.04 Å². The Morgan fingerprint density at radius 1 is 1.20 bits per heavy atom. The Hall–Kier alpha value is -0.640. The first-order valence-corrected chi connectivity index (χ1v) is 6.00. The Morgan fingerprint density at radius 3 is 2.40 bits per heavy atom. The summed E-state index contributed by atoms with van der Waals surface area (Å²) >= 11 is 0. The molecule has 0 radical (unpaired) electrons. The molecule has 4 nitrogen and oxygen atoms in total. The fourth-order valence-electron chi connectivity index (χ4n) is 2.27. The number of rotatable bonds is 1. The molecular formula is C11H22N2O2. The molecule has 1 aliphatic rings. The summed E-state index contributed by atoms with van der Waals surface area (Å²) in [6.45, 7) is 2.11. The average Bonchev–Trinajstić information content (AvgIpc) is 2.19. The lowest BCUT2D eigenvalue weighted by Crippen LogP contribution is -2.35. The predicted octanol–water partition coefficient (Wildman–Crippen LogP) is 2.34. The third-order valence-corrected chi connectivity index (χ3v) is 3.52. The molecule has 0 amide bonds. The van der Waals surface area contributed by atoms with Crippen molar-refractivity contribution in [1.29, 1.82) is 0 Å². The maximum Gasteiger partial charge on any atom is 0.214 e. The van der Waals surface area contributed by atoms with Crippen molar-refractivity contribution < 1.29 is 4.92 Å². The van der Waals surface area contributed by atoms with Crippen LogP contribution < -0.4 is 5.73 Å². The lowest BCUT2D eigenvalue weighted by atomic mass is 9.88. The molecule has 0 aromatic rings. The molecule has 0 saturated heterocycles. The van der Waals surface area contributed by atoms with Crippen molar-refractivity contribution in [2.45, 2.75) is 64.0 Å². The van der Waals surface area contributed by atoms with Crippen LogP contribution in [0.4, 0.5) is 0 Å². The Bertz CT molecular complexity index is 209. The molecule has 88 valence electrons. The monoisotopic (exact) mass is 214 g/mol. The van der Waals surface area contributed by atoms with Crippen molar-refractivity contribution in [1.82, 2.24) is 0 Å². The molecule has 0 aromatic heterocycles. The molecule has 0 bridgehead atoms. The SMILES string of the molecule is CC1CCCCCCC([N+](=O)[O-])CC1N. The van der Waals surface area contributed by atoms with Crippen molar-refractivity contribution >= 4 is 0 Å². The van der Waals surface area contributed by atoms with Gasteiger partial charge in [0.05, 0.1) is 0 Å². The maximum absolute atomic E-state index is 10.8. The summed E-state index contributed by atoms with van der Waals surface area (Å²) in [6, 6.07) is -0.418.